The van der Waals surface area contributed by atoms with Crippen LogP contribution in [0.2, 0.25) is 0 Å². The number of para-hydroxylation sites is 1. The van der Waals surface area contributed by atoms with Gasteiger partial charge in [0.1, 0.15) is 6.29 Å². The summed E-state index contributed by atoms with van der Waals surface area (Å²) in [5, 5.41) is 12.9. The first-order valence-electron chi connectivity index (χ1n) is 12.9. The highest BCUT2D eigenvalue weighted by Crippen LogP contribution is 2.34. The lowest BCUT2D eigenvalue weighted by molar-refractivity contribution is -0.106. The number of carbonyl (C=O) groups excluding carboxylic acids is 2. The van der Waals surface area contributed by atoms with Crippen LogP contribution in [0.25, 0.3) is 5.70 Å². The number of hydrogen-bond donors (Lipinski definition) is 3. The molecule has 0 spiro atoms. The molecule has 0 saturated heterocycles. The molecule has 1 aromatic heterocycles. The van der Waals surface area contributed by atoms with Gasteiger partial charge in [-0.25, -0.2) is 0 Å². The molecular weight excluding hydrogens is 542 g/mol. The van der Waals surface area contributed by atoms with Crippen LogP contribution >= 0.6 is 15.9 Å². The summed E-state index contributed by atoms with van der Waals surface area (Å²) in [5.74, 6) is 1.28. The van der Waals surface area contributed by atoms with E-state index in [2.05, 4.69) is 86.6 Å². The molecule has 0 aliphatic heterocycles. The minimum Gasteiger partial charge on any atom is -0.384 e. The Bertz CT molecular complexity index is 1200. The van der Waals surface area contributed by atoms with Crippen molar-refractivity contribution in [2.24, 2.45) is 5.92 Å². The summed E-state index contributed by atoms with van der Waals surface area (Å²) in [4.78, 5) is 23.3. The fourth-order valence-electron chi connectivity index (χ4n) is 3.84. The fraction of sp³-hybridized carbons (Fsp3) is 0.367. The van der Waals surface area contributed by atoms with Crippen LogP contribution in [0.15, 0.2) is 59.6 Å². The summed E-state index contributed by atoms with van der Waals surface area (Å²) >= 11 is 3.43. The number of aromatic nitrogens is 2. The normalized spacial score (nSPS) is 11.7. The molecule has 2 aromatic carbocycles. The van der Waals surface area contributed by atoms with Gasteiger partial charge in [-0.15, -0.1) is 0 Å². The Morgan fingerprint density at radius 1 is 1.18 bits per heavy atom. The predicted molar refractivity (Wildman–Crippen MR) is 162 cm³/mol. The highest BCUT2D eigenvalue weighted by Gasteiger charge is 2.21. The van der Waals surface area contributed by atoms with Crippen LogP contribution < -0.4 is 15.5 Å². The van der Waals surface area contributed by atoms with Gasteiger partial charge in [-0.05, 0) is 78.7 Å². The van der Waals surface area contributed by atoms with E-state index in [0.29, 0.717) is 21.6 Å². The molecule has 204 valence electrons. The maximum atomic E-state index is 12.3. The monoisotopic (exact) mass is 581 g/mol. The molecular formula is C30H40BrN5O2. The van der Waals surface area contributed by atoms with Crippen molar-refractivity contribution in [3.05, 3.63) is 82.0 Å². The lowest BCUT2D eigenvalue weighted by atomic mass is 10.1. The van der Waals surface area contributed by atoms with Gasteiger partial charge < -0.3 is 20.3 Å². The van der Waals surface area contributed by atoms with Gasteiger partial charge in [-0.1, -0.05) is 55.8 Å². The summed E-state index contributed by atoms with van der Waals surface area (Å²) in [7, 11) is 4.24. The number of rotatable bonds is 9. The third-order valence-electron chi connectivity index (χ3n) is 6.01. The Morgan fingerprint density at radius 2 is 1.82 bits per heavy atom. The molecule has 0 atom stereocenters. The van der Waals surface area contributed by atoms with Gasteiger partial charge in [-0.2, -0.15) is 5.10 Å². The van der Waals surface area contributed by atoms with E-state index >= 15 is 0 Å². The standard InChI is InChI=1S/C15H17BrN4O.C13H19N.C2H4O/c1-4-17-10(3)13-12(16)14(20-19-13)18-15(21)11-8-6-5-7-9(11)2;1-14(2)13-6-4-3-5-12(13)10-9-11-7-8-11;1-2-3/h5-8,17H,3-4H2,1-2H3,(H2,18,19,20,21);3-6,11H,7-10H2,1-2H3;2H,1H3. The summed E-state index contributed by atoms with van der Waals surface area (Å²) < 4.78 is 0.676. The Balaban J connectivity index is 0.000000257. The van der Waals surface area contributed by atoms with E-state index < -0.39 is 0 Å². The third-order valence-corrected chi connectivity index (χ3v) is 6.78. The van der Waals surface area contributed by atoms with Crippen LogP contribution in [0.5, 0.6) is 0 Å². The molecule has 1 aliphatic rings. The van der Waals surface area contributed by atoms with Crippen molar-refractivity contribution >= 4 is 45.3 Å². The van der Waals surface area contributed by atoms with Crippen molar-refractivity contribution in [2.45, 2.75) is 46.5 Å². The number of anilines is 2. The SMILES string of the molecule is C=C(NCC)c1[nH]nc(NC(=O)c2ccccc2C)c1Br.CC=O.CN(C)c1ccccc1CCC1CC1. The van der Waals surface area contributed by atoms with E-state index in [9.17, 15) is 4.79 Å². The molecule has 1 fully saturated rings. The van der Waals surface area contributed by atoms with Crippen LogP contribution in [-0.4, -0.2) is 43.0 Å². The third kappa shape index (κ3) is 9.49. The average Bonchev–Trinajstić information content (AvgIpc) is 3.66. The number of aromatic amines is 1. The summed E-state index contributed by atoms with van der Waals surface area (Å²) in [5.41, 5.74) is 5.86. The lowest BCUT2D eigenvalue weighted by Crippen LogP contribution is -2.14. The lowest BCUT2D eigenvalue weighted by Gasteiger charge is -2.17. The second-order valence-corrected chi connectivity index (χ2v) is 10.1. The van der Waals surface area contributed by atoms with Gasteiger partial charge in [0.05, 0.1) is 15.9 Å². The molecule has 4 rings (SSSR count). The number of nitrogens with one attached hydrogen (secondary N) is 3. The van der Waals surface area contributed by atoms with Gasteiger partial charge in [0.25, 0.3) is 5.91 Å². The molecule has 3 aromatic rings. The molecule has 1 aliphatic carbocycles. The number of aryl methyl sites for hydroxylation is 2. The number of hydrogen-bond acceptors (Lipinski definition) is 5. The maximum absolute atomic E-state index is 12.3. The quantitative estimate of drug-likeness (QED) is 0.247. The Morgan fingerprint density at radius 3 is 2.42 bits per heavy atom. The summed E-state index contributed by atoms with van der Waals surface area (Å²) in [6.07, 6.45) is 6.30. The van der Waals surface area contributed by atoms with Crippen molar-refractivity contribution in [3.8, 4) is 0 Å². The zero-order valence-electron chi connectivity index (χ0n) is 23.1. The Hall–Kier alpha value is -3.39. The molecule has 0 radical (unpaired) electrons. The number of nitrogens with zero attached hydrogens (tertiary/aromatic N) is 2. The van der Waals surface area contributed by atoms with Gasteiger partial charge >= 0.3 is 0 Å². The highest BCUT2D eigenvalue weighted by molar-refractivity contribution is 9.10. The minimum absolute atomic E-state index is 0.194. The van der Waals surface area contributed by atoms with Gasteiger partial charge in [0, 0.05) is 31.9 Å². The molecule has 0 unspecified atom stereocenters. The van der Waals surface area contributed by atoms with E-state index in [1.165, 1.54) is 43.9 Å². The zero-order chi connectivity index (χ0) is 28.1. The Labute approximate surface area is 235 Å². The number of H-pyrrole nitrogens is 1. The van der Waals surface area contributed by atoms with Crippen LogP contribution in [0, 0.1) is 12.8 Å². The molecule has 1 saturated carbocycles. The average molecular weight is 583 g/mol. The van der Waals surface area contributed by atoms with Crippen molar-refractivity contribution < 1.29 is 9.59 Å². The first kappa shape index (κ1) is 30.8. The molecule has 0 bridgehead atoms. The van der Waals surface area contributed by atoms with E-state index in [-0.39, 0.29) is 5.91 Å². The molecule has 8 heteroatoms. The fourth-order valence-corrected chi connectivity index (χ4v) is 4.36. The number of benzene rings is 2. The van der Waals surface area contributed by atoms with E-state index in [1.807, 2.05) is 32.0 Å². The summed E-state index contributed by atoms with van der Waals surface area (Å²) in [6.45, 7) is 10.00. The minimum atomic E-state index is -0.194. The van der Waals surface area contributed by atoms with E-state index in [0.717, 1.165) is 30.0 Å². The molecule has 3 N–H and O–H groups in total. The molecule has 1 amide bonds. The van der Waals surface area contributed by atoms with Crippen molar-refractivity contribution in [2.75, 3.05) is 30.9 Å². The van der Waals surface area contributed by atoms with Crippen molar-refractivity contribution in [3.63, 3.8) is 0 Å². The molecule has 7 nitrogen and oxygen atoms in total. The van der Waals surface area contributed by atoms with Crippen LogP contribution in [0.4, 0.5) is 11.5 Å². The van der Waals surface area contributed by atoms with Gasteiger partial charge in [0.2, 0.25) is 0 Å². The van der Waals surface area contributed by atoms with Gasteiger partial charge in [0.15, 0.2) is 5.82 Å². The predicted octanol–water partition coefficient (Wildman–Crippen LogP) is 6.61. The zero-order valence-corrected chi connectivity index (χ0v) is 24.7. The number of aldehydes is 1. The number of carbonyl (C=O) groups is 2. The van der Waals surface area contributed by atoms with Crippen LogP contribution in [0.3, 0.4) is 0 Å². The summed E-state index contributed by atoms with van der Waals surface area (Å²) in [6, 6.07) is 16.1. The topological polar surface area (TPSA) is 90.1 Å². The number of halogens is 1. The maximum Gasteiger partial charge on any atom is 0.257 e. The van der Waals surface area contributed by atoms with Crippen LogP contribution in [0.1, 0.15) is 60.3 Å². The second kappa shape index (κ2) is 15.8. The number of amides is 1. The first-order valence-corrected chi connectivity index (χ1v) is 13.7. The van der Waals surface area contributed by atoms with E-state index in [1.54, 1.807) is 6.07 Å². The van der Waals surface area contributed by atoms with Crippen molar-refractivity contribution in [1.29, 1.82) is 0 Å². The van der Waals surface area contributed by atoms with E-state index in [4.69, 9.17) is 4.79 Å². The van der Waals surface area contributed by atoms with Gasteiger partial charge in [-0.3, -0.25) is 9.89 Å². The van der Waals surface area contributed by atoms with Crippen molar-refractivity contribution in [1.82, 2.24) is 15.5 Å². The molecule has 1 heterocycles. The highest BCUT2D eigenvalue weighted by atomic mass is 79.9. The smallest absolute Gasteiger partial charge is 0.257 e. The molecule has 38 heavy (non-hydrogen) atoms. The first-order chi connectivity index (χ1) is 18.2. The van der Waals surface area contributed by atoms with Crippen LogP contribution in [-0.2, 0) is 11.2 Å². The largest absolute Gasteiger partial charge is 0.384 e. The second-order valence-electron chi connectivity index (χ2n) is 9.28. The Kier molecular flexibility index (Phi) is 12.8.